The molecule has 0 spiro atoms. The summed E-state index contributed by atoms with van der Waals surface area (Å²) in [4.78, 5) is 45.7. The maximum Gasteiger partial charge on any atom is 0.573 e. The number of pyridine rings is 1. The van der Waals surface area contributed by atoms with E-state index >= 15 is 0 Å². The number of benzene rings is 1. The van der Waals surface area contributed by atoms with Crippen LogP contribution in [0.3, 0.4) is 0 Å². The van der Waals surface area contributed by atoms with Crippen molar-refractivity contribution in [1.29, 1.82) is 0 Å². The number of alkyl halides is 3. The van der Waals surface area contributed by atoms with Gasteiger partial charge in [0.2, 0.25) is 0 Å². The fourth-order valence-corrected chi connectivity index (χ4v) is 3.53. The normalized spacial score (nSPS) is 13.9. The van der Waals surface area contributed by atoms with Gasteiger partial charge in [-0.3, -0.25) is 10.1 Å². The number of carbonyl (C=O) groups excluding carboxylic acids is 3. The van der Waals surface area contributed by atoms with Crippen molar-refractivity contribution >= 4 is 29.5 Å². The number of amides is 4. The fourth-order valence-electron chi connectivity index (χ4n) is 3.53. The van der Waals surface area contributed by atoms with Gasteiger partial charge in [-0.2, -0.15) is 0 Å². The molecule has 1 saturated heterocycles. The van der Waals surface area contributed by atoms with Crippen LogP contribution >= 0.6 is 0 Å². The minimum Gasteiger partial charge on any atom is -0.448 e. The molecule has 1 aliphatic rings. The lowest BCUT2D eigenvalue weighted by Gasteiger charge is -2.18. The monoisotopic (exact) mass is 509 g/mol. The van der Waals surface area contributed by atoms with Crippen LogP contribution < -0.4 is 15.0 Å². The van der Waals surface area contributed by atoms with E-state index in [-0.39, 0.29) is 31.2 Å². The Morgan fingerprint density at radius 2 is 1.83 bits per heavy atom. The second-order valence-corrected chi connectivity index (χ2v) is 7.75. The lowest BCUT2D eigenvalue weighted by molar-refractivity contribution is -0.274. The Balaban J connectivity index is 1.58. The van der Waals surface area contributed by atoms with E-state index in [1.165, 1.54) is 23.2 Å². The van der Waals surface area contributed by atoms with Crippen LogP contribution in [-0.4, -0.2) is 72.0 Å². The van der Waals surface area contributed by atoms with Gasteiger partial charge in [-0.1, -0.05) is 13.8 Å². The smallest absolute Gasteiger partial charge is 0.448 e. The number of carbonyl (C=O) groups is 3. The van der Waals surface area contributed by atoms with Gasteiger partial charge in [0.05, 0.1) is 5.69 Å². The van der Waals surface area contributed by atoms with E-state index in [0.717, 1.165) is 30.1 Å². The molecule has 3 rings (SSSR count). The van der Waals surface area contributed by atoms with Crippen LogP contribution in [-0.2, 0) is 16.1 Å². The quantitative estimate of drug-likeness (QED) is 0.486. The molecule has 2 aromatic rings. The van der Waals surface area contributed by atoms with E-state index in [0.29, 0.717) is 12.1 Å². The first-order chi connectivity index (χ1) is 17.1. The number of urea groups is 1. The second-order valence-electron chi connectivity index (χ2n) is 7.75. The molecule has 1 aromatic heterocycles. The lowest BCUT2D eigenvalue weighted by atomic mass is 10.2. The highest BCUT2D eigenvalue weighted by Gasteiger charge is 2.37. The average Bonchev–Trinajstić information content (AvgIpc) is 3.09. The Bertz CT molecular complexity index is 1080. The SMILES string of the molecule is CCN(CC)CCOC(=O)Nc1cc(CN2CC(=O)N(c3ccc(OC(F)(F)F)cc3)C2=O)ccn1. The van der Waals surface area contributed by atoms with Crippen molar-refractivity contribution in [1.82, 2.24) is 14.8 Å². The Hall–Kier alpha value is -3.87. The number of rotatable bonds is 10. The molecule has 13 heteroatoms. The molecular weight excluding hydrogens is 483 g/mol. The number of hydrogen-bond donors (Lipinski definition) is 1. The van der Waals surface area contributed by atoms with Gasteiger partial charge >= 0.3 is 18.5 Å². The van der Waals surface area contributed by atoms with Gasteiger partial charge in [-0.05, 0) is 55.1 Å². The van der Waals surface area contributed by atoms with Gasteiger partial charge < -0.3 is 19.3 Å². The third kappa shape index (κ3) is 7.31. The third-order valence-corrected chi connectivity index (χ3v) is 5.33. The van der Waals surface area contributed by atoms with E-state index in [4.69, 9.17) is 4.74 Å². The van der Waals surface area contributed by atoms with E-state index in [1.807, 2.05) is 13.8 Å². The number of nitrogens with zero attached hydrogens (tertiary/aromatic N) is 4. The second kappa shape index (κ2) is 11.7. The molecule has 0 aliphatic carbocycles. The zero-order chi connectivity index (χ0) is 26.3. The maximum atomic E-state index is 12.8. The first-order valence-electron chi connectivity index (χ1n) is 11.2. The van der Waals surface area contributed by atoms with Crippen LogP contribution in [0.2, 0.25) is 0 Å². The predicted octanol–water partition coefficient (Wildman–Crippen LogP) is 3.84. The van der Waals surface area contributed by atoms with Crippen molar-refractivity contribution < 1.29 is 37.0 Å². The first-order valence-corrected chi connectivity index (χ1v) is 11.2. The van der Waals surface area contributed by atoms with E-state index in [2.05, 4.69) is 19.9 Å². The van der Waals surface area contributed by atoms with Gasteiger partial charge in [0, 0.05) is 19.3 Å². The minimum atomic E-state index is -4.85. The van der Waals surface area contributed by atoms with Crippen LogP contribution in [0.15, 0.2) is 42.6 Å². The zero-order valence-corrected chi connectivity index (χ0v) is 19.7. The molecule has 0 saturated carbocycles. The number of anilines is 2. The van der Waals surface area contributed by atoms with Gasteiger partial charge in [0.15, 0.2) is 0 Å². The summed E-state index contributed by atoms with van der Waals surface area (Å²) in [5.74, 6) is -0.783. The molecule has 0 radical (unpaired) electrons. The Kier molecular flexibility index (Phi) is 8.69. The molecule has 10 nitrogen and oxygen atoms in total. The van der Waals surface area contributed by atoms with Crippen molar-refractivity contribution in [3.8, 4) is 5.75 Å². The highest BCUT2D eigenvalue weighted by Crippen LogP contribution is 2.28. The number of ether oxygens (including phenoxy) is 2. The molecule has 2 heterocycles. The number of halogens is 3. The van der Waals surface area contributed by atoms with Crippen LogP contribution in [0.1, 0.15) is 19.4 Å². The minimum absolute atomic E-state index is 0.0462. The van der Waals surface area contributed by atoms with E-state index in [1.54, 1.807) is 12.1 Å². The van der Waals surface area contributed by atoms with Crippen molar-refractivity contribution in [3.63, 3.8) is 0 Å². The first kappa shape index (κ1) is 26.7. The van der Waals surface area contributed by atoms with E-state index < -0.39 is 30.1 Å². The summed E-state index contributed by atoms with van der Waals surface area (Å²) in [5, 5.41) is 2.53. The summed E-state index contributed by atoms with van der Waals surface area (Å²) in [6, 6.07) is 6.98. The number of imide groups is 1. The standard InChI is InChI=1S/C23H26F3N5O5/c1-3-29(4-2)11-12-35-21(33)28-19-13-16(9-10-27-19)14-30-15-20(32)31(22(30)34)17-5-7-18(8-6-17)36-23(24,25)26/h5-10,13H,3-4,11-12,14-15H2,1-2H3,(H,27,28,33). The number of nitrogens with one attached hydrogen (secondary N) is 1. The molecule has 1 aliphatic heterocycles. The molecule has 0 bridgehead atoms. The molecule has 4 amide bonds. The Labute approximate surface area is 205 Å². The summed E-state index contributed by atoms with van der Waals surface area (Å²) in [6.07, 6.45) is -4.07. The number of aromatic nitrogens is 1. The van der Waals surface area contributed by atoms with Crippen LogP contribution in [0, 0.1) is 0 Å². The van der Waals surface area contributed by atoms with Crippen molar-refractivity contribution in [2.24, 2.45) is 0 Å². The largest absolute Gasteiger partial charge is 0.573 e. The summed E-state index contributed by atoms with van der Waals surface area (Å²) in [5.41, 5.74) is 0.715. The molecule has 36 heavy (non-hydrogen) atoms. The van der Waals surface area contributed by atoms with Gasteiger partial charge in [-0.15, -0.1) is 13.2 Å². The summed E-state index contributed by atoms with van der Waals surface area (Å²) >= 11 is 0. The fraction of sp³-hybridized carbons (Fsp3) is 0.391. The molecule has 1 fully saturated rings. The summed E-state index contributed by atoms with van der Waals surface area (Å²) < 4.78 is 46.0. The Morgan fingerprint density at radius 3 is 2.47 bits per heavy atom. The van der Waals surface area contributed by atoms with Gasteiger partial charge in [0.1, 0.15) is 24.7 Å². The summed E-state index contributed by atoms with van der Waals surface area (Å²) in [6.45, 7) is 6.36. The van der Waals surface area contributed by atoms with Crippen molar-refractivity contribution in [3.05, 3.63) is 48.2 Å². The molecule has 1 aromatic carbocycles. The van der Waals surface area contributed by atoms with Crippen LogP contribution in [0.5, 0.6) is 5.75 Å². The molecule has 1 N–H and O–H groups in total. The van der Waals surface area contributed by atoms with Crippen molar-refractivity contribution in [2.75, 3.05) is 43.0 Å². The van der Waals surface area contributed by atoms with Crippen LogP contribution in [0.4, 0.5) is 34.3 Å². The zero-order valence-electron chi connectivity index (χ0n) is 19.7. The molecule has 194 valence electrons. The van der Waals surface area contributed by atoms with Crippen molar-refractivity contribution in [2.45, 2.75) is 26.8 Å². The van der Waals surface area contributed by atoms with Crippen LogP contribution in [0.25, 0.3) is 0 Å². The highest BCUT2D eigenvalue weighted by atomic mass is 19.4. The van der Waals surface area contributed by atoms with E-state index in [9.17, 15) is 27.6 Å². The Morgan fingerprint density at radius 1 is 1.14 bits per heavy atom. The van der Waals surface area contributed by atoms with Gasteiger partial charge in [0.25, 0.3) is 5.91 Å². The number of hydrogen-bond acceptors (Lipinski definition) is 7. The predicted molar refractivity (Wildman–Crippen MR) is 123 cm³/mol. The molecule has 0 unspecified atom stereocenters. The number of likely N-dealkylation sites (N-methyl/N-ethyl adjacent to an activating group) is 1. The topological polar surface area (TPSA) is 104 Å². The molecule has 0 atom stereocenters. The summed E-state index contributed by atoms with van der Waals surface area (Å²) in [7, 11) is 0. The lowest BCUT2D eigenvalue weighted by Crippen LogP contribution is -2.32. The third-order valence-electron chi connectivity index (χ3n) is 5.33. The van der Waals surface area contributed by atoms with Gasteiger partial charge in [-0.25, -0.2) is 19.5 Å². The maximum absolute atomic E-state index is 12.8. The highest BCUT2D eigenvalue weighted by molar-refractivity contribution is 6.19. The average molecular weight is 509 g/mol. The molecular formula is C23H26F3N5O5.